The van der Waals surface area contributed by atoms with Crippen LogP contribution in [0.2, 0.25) is 0 Å². The van der Waals surface area contributed by atoms with E-state index < -0.39 is 32.5 Å². The fourth-order valence-electron chi connectivity index (χ4n) is 4.78. The summed E-state index contributed by atoms with van der Waals surface area (Å²) in [6.07, 6.45) is 5.20. The predicted octanol–water partition coefficient (Wildman–Crippen LogP) is 3.35. The second-order valence-corrected chi connectivity index (χ2v) is 14.5. The number of esters is 2. The van der Waals surface area contributed by atoms with Crippen molar-refractivity contribution in [2.45, 2.75) is 44.9 Å². The number of imidazole rings is 1. The fourth-order valence-corrected chi connectivity index (χ4v) is 6.05. The number of rotatable bonds is 27. The van der Waals surface area contributed by atoms with Crippen LogP contribution >= 0.6 is 30.4 Å². The molecule has 0 saturated heterocycles. The minimum atomic E-state index is -4.51. The van der Waals surface area contributed by atoms with Gasteiger partial charge in [-0.25, -0.2) is 9.55 Å². The predicted molar refractivity (Wildman–Crippen MR) is 201 cm³/mol. The standard InChI is InChI=1S/C34H42IN6O13P/c1-39(29-9-6-26(7-10-29)31-20-40-18-27(35)8-11-32(40)36-31)12-13-41-19-28(37-38-41)21-51-34(45)4-2-14-48-16-17-50-33(44)5-3-15-53-55(46,47)54-23-30(52-25-43)22-49-24-42/h6-11,18-20,24-25,30H,2-5,12-17,21-23H2,1H3,(H,46,47). The lowest BCUT2D eigenvalue weighted by Gasteiger charge is -2.19. The number of ether oxygens (including phenoxy) is 5. The number of phosphoric ester groups is 1. The molecule has 0 amide bonds. The van der Waals surface area contributed by atoms with Crippen LogP contribution in [0.15, 0.2) is 55.0 Å². The Bertz CT molecular complexity index is 1880. The first-order chi connectivity index (χ1) is 26.5. The summed E-state index contributed by atoms with van der Waals surface area (Å²) in [5.74, 6) is -0.980. The molecule has 0 fully saturated rings. The number of likely N-dealkylation sites (N-methyl/N-ethyl adjacent to an activating group) is 1. The lowest BCUT2D eigenvalue weighted by Crippen LogP contribution is -2.24. The molecule has 298 valence electrons. The Morgan fingerprint density at radius 3 is 2.45 bits per heavy atom. The molecule has 21 heteroatoms. The highest BCUT2D eigenvalue weighted by atomic mass is 127. The molecule has 0 bridgehead atoms. The molecule has 1 aromatic carbocycles. The maximum atomic E-state index is 12.2. The highest BCUT2D eigenvalue weighted by Gasteiger charge is 2.24. The van der Waals surface area contributed by atoms with Crippen molar-refractivity contribution in [2.75, 3.05) is 58.1 Å². The van der Waals surface area contributed by atoms with Gasteiger partial charge in [0.05, 0.1) is 38.3 Å². The van der Waals surface area contributed by atoms with Gasteiger partial charge in [-0.1, -0.05) is 17.3 Å². The monoisotopic (exact) mass is 900 g/mol. The third-order valence-corrected chi connectivity index (χ3v) is 9.23. The Labute approximate surface area is 329 Å². The number of aromatic nitrogens is 5. The van der Waals surface area contributed by atoms with Crippen LogP contribution in [-0.2, 0) is 69.6 Å². The Kier molecular flexibility index (Phi) is 17.9. The van der Waals surface area contributed by atoms with Crippen LogP contribution in [-0.4, -0.2) is 113 Å². The molecule has 19 nitrogen and oxygen atoms in total. The van der Waals surface area contributed by atoms with Crippen LogP contribution in [0.25, 0.3) is 16.9 Å². The number of halogens is 1. The lowest BCUT2D eigenvalue weighted by atomic mass is 10.1. The van der Waals surface area contributed by atoms with E-state index in [-0.39, 0.29) is 71.8 Å². The number of nitrogens with zero attached hydrogens (tertiary/aromatic N) is 6. The van der Waals surface area contributed by atoms with Crippen molar-refractivity contribution in [1.29, 1.82) is 0 Å². The van der Waals surface area contributed by atoms with Crippen molar-refractivity contribution in [3.63, 3.8) is 0 Å². The van der Waals surface area contributed by atoms with Crippen molar-refractivity contribution in [1.82, 2.24) is 24.4 Å². The largest absolute Gasteiger partial charge is 0.472 e. The first-order valence-electron chi connectivity index (χ1n) is 17.0. The Morgan fingerprint density at radius 2 is 1.69 bits per heavy atom. The van der Waals surface area contributed by atoms with Gasteiger partial charge in [0.15, 0.2) is 6.10 Å². The summed E-state index contributed by atoms with van der Waals surface area (Å²) in [4.78, 5) is 61.2. The summed E-state index contributed by atoms with van der Waals surface area (Å²) in [5.41, 5.74) is 4.42. The zero-order valence-corrected chi connectivity index (χ0v) is 33.0. The Balaban J connectivity index is 1.00. The summed E-state index contributed by atoms with van der Waals surface area (Å²) in [6.45, 7) is 0.566. The van der Waals surface area contributed by atoms with E-state index in [1.54, 1.807) is 10.9 Å². The molecule has 0 aliphatic carbocycles. The van der Waals surface area contributed by atoms with Crippen molar-refractivity contribution >= 4 is 66.6 Å². The molecule has 4 rings (SSSR count). The van der Waals surface area contributed by atoms with Crippen LogP contribution in [0.5, 0.6) is 0 Å². The minimum Gasteiger partial charge on any atom is -0.464 e. The van der Waals surface area contributed by atoms with Gasteiger partial charge < -0.3 is 37.9 Å². The van der Waals surface area contributed by atoms with E-state index in [4.69, 9.17) is 28.2 Å². The Morgan fingerprint density at radius 1 is 0.927 bits per heavy atom. The van der Waals surface area contributed by atoms with Crippen molar-refractivity contribution in [2.24, 2.45) is 0 Å². The quantitative estimate of drug-likeness (QED) is 0.0226. The molecule has 0 aliphatic rings. The molecule has 0 saturated carbocycles. The summed E-state index contributed by atoms with van der Waals surface area (Å²) in [6, 6.07) is 12.3. The number of hydrogen-bond donors (Lipinski definition) is 1. The number of hydrogen-bond acceptors (Lipinski definition) is 16. The van der Waals surface area contributed by atoms with Crippen molar-refractivity contribution in [3.8, 4) is 11.3 Å². The summed E-state index contributed by atoms with van der Waals surface area (Å²) < 4.78 is 50.9. The van der Waals surface area contributed by atoms with Crippen LogP contribution in [0, 0.1) is 3.57 Å². The number of anilines is 1. The highest BCUT2D eigenvalue weighted by Crippen LogP contribution is 2.43. The van der Waals surface area contributed by atoms with Gasteiger partial charge in [0.1, 0.15) is 31.2 Å². The van der Waals surface area contributed by atoms with Gasteiger partial charge >= 0.3 is 19.8 Å². The van der Waals surface area contributed by atoms with Gasteiger partial charge in [0.25, 0.3) is 12.9 Å². The van der Waals surface area contributed by atoms with Gasteiger partial charge in [0, 0.05) is 60.3 Å². The molecule has 55 heavy (non-hydrogen) atoms. The number of fused-ring (bicyclic) bond motifs is 1. The Hall–Kier alpha value is -4.47. The van der Waals surface area contributed by atoms with E-state index >= 15 is 0 Å². The van der Waals surface area contributed by atoms with E-state index in [1.807, 2.05) is 36.0 Å². The average Bonchev–Trinajstić information content (AvgIpc) is 3.82. The molecule has 0 spiro atoms. The number of phosphoric acid groups is 1. The van der Waals surface area contributed by atoms with E-state index in [0.29, 0.717) is 25.2 Å². The average molecular weight is 901 g/mol. The SMILES string of the molecule is CN(CCn1cc(COC(=O)CCCOCCOC(=O)CCCOP(=O)(O)OCC(COC=O)OC=O)nn1)c1ccc(-c2cn3cc(I)ccc3n2)cc1. The molecule has 0 radical (unpaired) electrons. The smallest absolute Gasteiger partial charge is 0.464 e. The maximum absolute atomic E-state index is 12.2. The fraction of sp³-hybridized carbons (Fsp3) is 0.441. The lowest BCUT2D eigenvalue weighted by molar-refractivity contribution is -0.145. The van der Waals surface area contributed by atoms with Gasteiger partial charge in [-0.15, -0.1) is 5.10 Å². The van der Waals surface area contributed by atoms with Crippen LogP contribution in [0.3, 0.4) is 0 Å². The zero-order chi connectivity index (χ0) is 39.5. The van der Waals surface area contributed by atoms with Crippen molar-refractivity contribution in [3.05, 3.63) is 64.3 Å². The van der Waals surface area contributed by atoms with Crippen LogP contribution in [0.4, 0.5) is 5.69 Å². The summed E-state index contributed by atoms with van der Waals surface area (Å²) in [5, 5.41) is 8.23. The summed E-state index contributed by atoms with van der Waals surface area (Å²) in [7, 11) is -2.51. The highest BCUT2D eigenvalue weighted by molar-refractivity contribution is 14.1. The van der Waals surface area contributed by atoms with E-state index in [9.17, 15) is 28.6 Å². The third kappa shape index (κ3) is 15.7. The summed E-state index contributed by atoms with van der Waals surface area (Å²) >= 11 is 2.28. The van der Waals surface area contributed by atoms with E-state index in [0.717, 1.165) is 26.2 Å². The number of benzene rings is 1. The molecule has 0 aliphatic heterocycles. The molecular weight excluding hydrogens is 858 g/mol. The molecule has 2 atom stereocenters. The molecule has 3 heterocycles. The van der Waals surface area contributed by atoms with Gasteiger partial charge in [-0.05, 0) is 59.7 Å². The van der Waals surface area contributed by atoms with Gasteiger partial charge in [-0.2, -0.15) is 0 Å². The number of carbonyl (C=O) groups is 4. The van der Waals surface area contributed by atoms with E-state index in [1.165, 1.54) is 0 Å². The molecule has 3 aromatic heterocycles. The second-order valence-electron chi connectivity index (χ2n) is 11.8. The molecule has 1 N–H and O–H groups in total. The third-order valence-electron chi connectivity index (χ3n) is 7.61. The normalized spacial score (nSPS) is 12.8. The molecule has 2 unspecified atom stereocenters. The molecular formula is C34H42IN6O13P. The van der Waals surface area contributed by atoms with Gasteiger partial charge in [-0.3, -0.25) is 32.9 Å². The number of carbonyl (C=O) groups excluding carboxylic acids is 4. The van der Waals surface area contributed by atoms with E-state index in [2.05, 4.69) is 71.5 Å². The number of pyridine rings is 1. The first kappa shape index (κ1) is 43.3. The second kappa shape index (κ2) is 22.8. The topological polar surface area (TPSA) is 221 Å². The first-order valence-corrected chi connectivity index (χ1v) is 19.6. The maximum Gasteiger partial charge on any atom is 0.472 e. The van der Waals surface area contributed by atoms with Crippen molar-refractivity contribution < 1.29 is 61.4 Å². The minimum absolute atomic E-state index is 0.00218. The molecule has 4 aromatic rings. The van der Waals surface area contributed by atoms with Crippen LogP contribution < -0.4 is 4.90 Å². The van der Waals surface area contributed by atoms with Gasteiger partial charge in [0.2, 0.25) is 0 Å². The zero-order valence-electron chi connectivity index (χ0n) is 30.0. The van der Waals surface area contributed by atoms with Crippen LogP contribution in [0.1, 0.15) is 31.4 Å².